The minimum atomic E-state index is 0.247. The number of nitrogens with two attached hydrogens (primary N) is 1. The van der Waals surface area contributed by atoms with E-state index in [2.05, 4.69) is 53.3 Å². The van der Waals surface area contributed by atoms with Gasteiger partial charge in [-0.25, -0.2) is 4.98 Å². The summed E-state index contributed by atoms with van der Waals surface area (Å²) in [5.41, 5.74) is 11.8. The van der Waals surface area contributed by atoms with E-state index in [1.807, 2.05) is 30.6 Å². The maximum Gasteiger partial charge on any atom is 0.181 e. The van der Waals surface area contributed by atoms with E-state index in [0.717, 1.165) is 15.8 Å². The van der Waals surface area contributed by atoms with E-state index < -0.39 is 0 Å². The first-order valence-electron chi connectivity index (χ1n) is 7.87. The Labute approximate surface area is 144 Å². The highest BCUT2D eigenvalue weighted by molar-refractivity contribution is 7.22. The third-order valence-electron chi connectivity index (χ3n) is 4.32. The lowest BCUT2D eigenvalue weighted by atomic mass is 9.90. The van der Waals surface area contributed by atoms with Crippen molar-refractivity contribution < 1.29 is 0 Å². The Hall–Kier alpha value is -2.72. The number of hydrogen-bond donors (Lipinski definition) is 1. The first-order chi connectivity index (χ1) is 11.7. The molecule has 1 unspecified atom stereocenters. The van der Waals surface area contributed by atoms with Crippen LogP contribution in [-0.4, -0.2) is 9.97 Å². The van der Waals surface area contributed by atoms with Gasteiger partial charge < -0.3 is 5.73 Å². The first-order valence-corrected chi connectivity index (χ1v) is 8.69. The van der Waals surface area contributed by atoms with E-state index in [1.54, 1.807) is 0 Å². The maximum atomic E-state index is 5.98. The predicted molar refractivity (Wildman–Crippen MR) is 101 cm³/mol. The van der Waals surface area contributed by atoms with Crippen molar-refractivity contribution in [3.8, 4) is 11.1 Å². The summed E-state index contributed by atoms with van der Waals surface area (Å²) in [6, 6.07) is 19.0. The summed E-state index contributed by atoms with van der Waals surface area (Å²) in [4.78, 5) is 8.69. The molecule has 3 nitrogen and oxygen atoms in total. The lowest BCUT2D eigenvalue weighted by Gasteiger charge is -2.15. The largest absolute Gasteiger partial charge is 0.375 e. The monoisotopic (exact) mass is 331 g/mol. The zero-order valence-electron chi connectivity index (χ0n) is 13.3. The first kappa shape index (κ1) is 14.8. The van der Waals surface area contributed by atoms with Crippen LogP contribution in [-0.2, 0) is 0 Å². The Morgan fingerprint density at radius 1 is 0.958 bits per heavy atom. The van der Waals surface area contributed by atoms with E-state index in [1.165, 1.54) is 28.0 Å². The van der Waals surface area contributed by atoms with E-state index in [0.29, 0.717) is 5.13 Å². The normalized spacial score (nSPS) is 12.4. The van der Waals surface area contributed by atoms with Crippen LogP contribution in [0.5, 0.6) is 0 Å². The van der Waals surface area contributed by atoms with Crippen molar-refractivity contribution in [3.63, 3.8) is 0 Å². The molecule has 1 atom stereocenters. The second kappa shape index (κ2) is 6.06. The molecule has 0 spiro atoms. The van der Waals surface area contributed by atoms with E-state index in [-0.39, 0.29) is 5.92 Å². The smallest absolute Gasteiger partial charge is 0.181 e. The van der Waals surface area contributed by atoms with Crippen molar-refractivity contribution in [2.45, 2.75) is 12.8 Å². The molecule has 0 amide bonds. The summed E-state index contributed by atoms with van der Waals surface area (Å²) in [5.74, 6) is 0.247. The highest BCUT2D eigenvalue weighted by Gasteiger charge is 2.16. The van der Waals surface area contributed by atoms with Crippen molar-refractivity contribution in [2.75, 3.05) is 5.73 Å². The molecule has 2 aromatic heterocycles. The number of rotatable bonds is 3. The number of hydrogen-bond acceptors (Lipinski definition) is 4. The number of nitrogens with zero attached hydrogens (tertiary/aromatic N) is 2. The Bertz CT molecular complexity index is 978. The fourth-order valence-corrected chi connectivity index (χ4v) is 3.84. The van der Waals surface area contributed by atoms with Gasteiger partial charge in [0.15, 0.2) is 5.13 Å². The molecule has 0 saturated carbocycles. The van der Waals surface area contributed by atoms with Gasteiger partial charge >= 0.3 is 0 Å². The SMILES string of the molecule is CC(c1ccccc1)c1cc(-c2ccncc2)cc2sc(N)nc12. The topological polar surface area (TPSA) is 51.8 Å². The minimum Gasteiger partial charge on any atom is -0.375 e. The molecule has 4 rings (SSSR count). The van der Waals surface area contributed by atoms with Gasteiger partial charge in [-0.05, 0) is 46.5 Å². The summed E-state index contributed by atoms with van der Waals surface area (Å²) in [5, 5.41) is 0.610. The molecule has 24 heavy (non-hydrogen) atoms. The number of aromatic nitrogens is 2. The highest BCUT2D eigenvalue weighted by Crippen LogP contribution is 2.37. The van der Waals surface area contributed by atoms with Gasteiger partial charge in [-0.2, -0.15) is 0 Å². The van der Waals surface area contributed by atoms with Gasteiger partial charge in [-0.1, -0.05) is 48.6 Å². The van der Waals surface area contributed by atoms with Gasteiger partial charge in [0.25, 0.3) is 0 Å². The third-order valence-corrected chi connectivity index (χ3v) is 5.15. The molecule has 2 N–H and O–H groups in total. The summed E-state index contributed by atoms with van der Waals surface area (Å²) >= 11 is 1.54. The zero-order valence-corrected chi connectivity index (χ0v) is 14.1. The molecular weight excluding hydrogens is 314 g/mol. The summed E-state index contributed by atoms with van der Waals surface area (Å²) in [7, 11) is 0. The quantitative estimate of drug-likeness (QED) is 0.569. The molecule has 0 aliphatic heterocycles. The number of anilines is 1. The molecule has 0 radical (unpaired) electrons. The molecule has 0 bridgehead atoms. The fraction of sp³-hybridized carbons (Fsp3) is 0.100. The second-order valence-electron chi connectivity index (χ2n) is 5.83. The Balaban J connectivity index is 1.93. The molecular formula is C20H17N3S. The molecule has 4 aromatic rings. The Kier molecular flexibility index (Phi) is 3.75. The number of thiazole rings is 1. The van der Waals surface area contributed by atoms with Crippen molar-refractivity contribution in [3.05, 3.63) is 78.1 Å². The van der Waals surface area contributed by atoms with E-state index >= 15 is 0 Å². The summed E-state index contributed by atoms with van der Waals surface area (Å²) < 4.78 is 1.12. The number of pyridine rings is 1. The minimum absolute atomic E-state index is 0.247. The molecule has 0 aliphatic carbocycles. The van der Waals surface area contributed by atoms with Crippen LogP contribution < -0.4 is 5.73 Å². The second-order valence-corrected chi connectivity index (χ2v) is 6.89. The molecule has 0 aliphatic rings. The Morgan fingerprint density at radius 3 is 2.46 bits per heavy atom. The number of nitrogen functional groups attached to an aromatic ring is 1. The summed E-state index contributed by atoms with van der Waals surface area (Å²) in [6.45, 7) is 2.22. The van der Waals surface area contributed by atoms with Crippen LogP contribution in [0.4, 0.5) is 5.13 Å². The molecule has 0 fully saturated rings. The average Bonchev–Trinajstić information content (AvgIpc) is 3.02. The van der Waals surface area contributed by atoms with Crippen LogP contribution in [0.15, 0.2) is 67.0 Å². The molecule has 0 saturated heterocycles. The fourth-order valence-electron chi connectivity index (χ4n) is 3.03. The van der Waals surface area contributed by atoms with Crippen LogP contribution in [0.1, 0.15) is 24.0 Å². The van der Waals surface area contributed by atoms with Crippen LogP contribution >= 0.6 is 11.3 Å². The van der Waals surface area contributed by atoms with Crippen molar-refractivity contribution >= 4 is 26.7 Å². The standard InChI is InChI=1S/C20H17N3S/c1-13(14-5-3-2-4-6-14)17-11-16(15-7-9-22-10-8-15)12-18-19(17)23-20(21)24-18/h2-13H,1H3,(H2,21,23). The van der Waals surface area contributed by atoms with Crippen LogP contribution in [0.2, 0.25) is 0 Å². The average molecular weight is 331 g/mol. The van der Waals surface area contributed by atoms with Gasteiger partial charge in [-0.3, -0.25) is 4.98 Å². The van der Waals surface area contributed by atoms with Crippen LogP contribution in [0, 0.1) is 0 Å². The van der Waals surface area contributed by atoms with Crippen molar-refractivity contribution in [2.24, 2.45) is 0 Å². The lowest BCUT2D eigenvalue weighted by Crippen LogP contribution is -1.98. The molecule has 2 aromatic carbocycles. The predicted octanol–water partition coefficient (Wildman–Crippen LogP) is 5.09. The Morgan fingerprint density at radius 2 is 1.71 bits per heavy atom. The van der Waals surface area contributed by atoms with Gasteiger partial charge in [-0.15, -0.1) is 0 Å². The van der Waals surface area contributed by atoms with Crippen molar-refractivity contribution in [1.82, 2.24) is 9.97 Å². The highest BCUT2D eigenvalue weighted by atomic mass is 32.1. The zero-order chi connectivity index (χ0) is 16.5. The number of fused-ring (bicyclic) bond motifs is 1. The molecule has 4 heteroatoms. The van der Waals surface area contributed by atoms with Gasteiger partial charge in [0.2, 0.25) is 0 Å². The van der Waals surface area contributed by atoms with Gasteiger partial charge in [0, 0.05) is 18.3 Å². The third kappa shape index (κ3) is 2.65. The van der Waals surface area contributed by atoms with Gasteiger partial charge in [0.1, 0.15) is 0 Å². The van der Waals surface area contributed by atoms with Crippen LogP contribution in [0.25, 0.3) is 21.3 Å². The summed E-state index contributed by atoms with van der Waals surface area (Å²) in [6.07, 6.45) is 3.64. The van der Waals surface area contributed by atoms with Crippen molar-refractivity contribution in [1.29, 1.82) is 0 Å². The lowest BCUT2D eigenvalue weighted by molar-refractivity contribution is 0.930. The molecule has 118 valence electrons. The molecule has 2 heterocycles. The van der Waals surface area contributed by atoms with Gasteiger partial charge in [0.05, 0.1) is 10.2 Å². The van der Waals surface area contributed by atoms with E-state index in [9.17, 15) is 0 Å². The maximum absolute atomic E-state index is 5.98. The van der Waals surface area contributed by atoms with E-state index in [4.69, 9.17) is 5.73 Å². The number of benzene rings is 2. The van der Waals surface area contributed by atoms with Crippen LogP contribution in [0.3, 0.4) is 0 Å².